The Morgan fingerprint density at radius 2 is 1.76 bits per heavy atom. The van der Waals surface area contributed by atoms with Crippen molar-refractivity contribution in [3.05, 3.63) is 21.7 Å². The van der Waals surface area contributed by atoms with E-state index < -0.39 is 0 Å². The third kappa shape index (κ3) is 2.80. The van der Waals surface area contributed by atoms with Crippen LogP contribution in [0.4, 0.5) is 0 Å². The third-order valence-electron chi connectivity index (χ3n) is 4.76. The highest BCUT2D eigenvalue weighted by Crippen LogP contribution is 2.50. The summed E-state index contributed by atoms with van der Waals surface area (Å²) in [6, 6.07) is 2.26. The summed E-state index contributed by atoms with van der Waals surface area (Å²) in [6.07, 6.45) is 4.74. The SMILES string of the molecule is COc1c(C(C)C)cc(C2(CN)CCCC2)c(OC)c1Br. The molecule has 2 rings (SSSR count). The second-order valence-corrected chi connectivity index (χ2v) is 7.03. The molecule has 4 heteroatoms. The number of methoxy groups -OCH3 is 2. The van der Waals surface area contributed by atoms with E-state index in [9.17, 15) is 0 Å². The first-order valence-electron chi connectivity index (χ1n) is 7.65. The van der Waals surface area contributed by atoms with Gasteiger partial charge in [-0.15, -0.1) is 0 Å². The highest BCUT2D eigenvalue weighted by Gasteiger charge is 2.38. The number of hydrogen-bond acceptors (Lipinski definition) is 3. The lowest BCUT2D eigenvalue weighted by Gasteiger charge is -2.32. The molecular formula is C17H26BrNO2. The third-order valence-corrected chi connectivity index (χ3v) is 5.48. The van der Waals surface area contributed by atoms with Crippen LogP contribution in [0.2, 0.25) is 0 Å². The van der Waals surface area contributed by atoms with Crippen molar-refractivity contribution < 1.29 is 9.47 Å². The Labute approximate surface area is 136 Å². The van der Waals surface area contributed by atoms with Gasteiger partial charge in [0.15, 0.2) is 0 Å². The molecule has 0 bridgehead atoms. The average Bonchev–Trinajstić information content (AvgIpc) is 2.96. The predicted octanol–water partition coefficient (Wildman–Crippen LogP) is 4.36. The van der Waals surface area contributed by atoms with Gasteiger partial charge in [0.2, 0.25) is 0 Å². The molecule has 0 unspecified atom stereocenters. The van der Waals surface area contributed by atoms with Crippen LogP contribution in [0, 0.1) is 0 Å². The molecule has 2 N–H and O–H groups in total. The first-order valence-corrected chi connectivity index (χ1v) is 8.45. The Balaban J connectivity index is 2.70. The predicted molar refractivity (Wildman–Crippen MR) is 90.5 cm³/mol. The van der Waals surface area contributed by atoms with Crippen molar-refractivity contribution in [1.29, 1.82) is 0 Å². The lowest BCUT2D eigenvalue weighted by atomic mass is 9.77. The average molecular weight is 356 g/mol. The van der Waals surface area contributed by atoms with Crippen molar-refractivity contribution >= 4 is 15.9 Å². The van der Waals surface area contributed by atoms with Crippen LogP contribution in [-0.2, 0) is 5.41 Å². The molecule has 118 valence electrons. The standard InChI is InChI=1S/C17H26BrNO2/c1-11(2)12-9-13(17(10-19)7-5-6-8-17)16(21-4)14(18)15(12)20-3/h9,11H,5-8,10,19H2,1-4H3. The highest BCUT2D eigenvalue weighted by molar-refractivity contribution is 9.10. The number of halogens is 1. The van der Waals surface area contributed by atoms with E-state index in [-0.39, 0.29) is 5.41 Å². The first kappa shape index (κ1) is 16.6. The number of benzene rings is 1. The highest BCUT2D eigenvalue weighted by atomic mass is 79.9. The maximum absolute atomic E-state index is 6.17. The van der Waals surface area contributed by atoms with Gasteiger partial charge in [0.05, 0.1) is 14.2 Å². The molecule has 0 aromatic heterocycles. The van der Waals surface area contributed by atoms with Gasteiger partial charge in [-0.05, 0) is 46.3 Å². The van der Waals surface area contributed by atoms with Gasteiger partial charge in [0.1, 0.15) is 16.0 Å². The van der Waals surface area contributed by atoms with Crippen LogP contribution in [0.3, 0.4) is 0 Å². The van der Waals surface area contributed by atoms with E-state index in [0.717, 1.165) is 28.8 Å². The fourth-order valence-electron chi connectivity index (χ4n) is 3.50. The van der Waals surface area contributed by atoms with Crippen molar-refractivity contribution in [3.8, 4) is 11.5 Å². The smallest absolute Gasteiger partial charge is 0.140 e. The molecule has 0 atom stereocenters. The van der Waals surface area contributed by atoms with E-state index in [0.29, 0.717) is 12.5 Å². The van der Waals surface area contributed by atoms with Gasteiger partial charge >= 0.3 is 0 Å². The summed E-state index contributed by atoms with van der Waals surface area (Å²) in [4.78, 5) is 0. The minimum Gasteiger partial charge on any atom is -0.495 e. The van der Waals surface area contributed by atoms with Gasteiger partial charge in [-0.25, -0.2) is 0 Å². The molecule has 0 radical (unpaired) electrons. The summed E-state index contributed by atoms with van der Waals surface area (Å²) in [5.41, 5.74) is 8.66. The summed E-state index contributed by atoms with van der Waals surface area (Å²) in [7, 11) is 3.43. The Kier molecular flexibility index (Phi) is 5.20. The van der Waals surface area contributed by atoms with Crippen LogP contribution in [0.1, 0.15) is 56.6 Å². The van der Waals surface area contributed by atoms with Crippen LogP contribution < -0.4 is 15.2 Å². The van der Waals surface area contributed by atoms with Gasteiger partial charge in [0.25, 0.3) is 0 Å². The fourth-order valence-corrected chi connectivity index (χ4v) is 4.27. The number of hydrogen-bond donors (Lipinski definition) is 1. The number of rotatable bonds is 5. The van der Waals surface area contributed by atoms with Crippen molar-refractivity contribution in [3.63, 3.8) is 0 Å². The maximum atomic E-state index is 6.17. The molecule has 1 aromatic rings. The zero-order valence-electron chi connectivity index (χ0n) is 13.5. The lowest BCUT2D eigenvalue weighted by Crippen LogP contribution is -2.32. The van der Waals surface area contributed by atoms with E-state index in [1.54, 1.807) is 14.2 Å². The molecule has 1 aliphatic carbocycles. The summed E-state index contributed by atoms with van der Waals surface area (Å²) >= 11 is 3.68. The quantitative estimate of drug-likeness (QED) is 0.853. The first-order chi connectivity index (χ1) is 10.0. The molecule has 0 aliphatic heterocycles. The molecule has 1 saturated carbocycles. The van der Waals surface area contributed by atoms with Gasteiger partial charge < -0.3 is 15.2 Å². The van der Waals surface area contributed by atoms with Crippen molar-refractivity contribution in [1.82, 2.24) is 0 Å². The molecule has 0 spiro atoms. The van der Waals surface area contributed by atoms with Crippen molar-refractivity contribution in [2.75, 3.05) is 20.8 Å². The van der Waals surface area contributed by atoms with Crippen molar-refractivity contribution in [2.24, 2.45) is 5.73 Å². The monoisotopic (exact) mass is 355 g/mol. The van der Waals surface area contributed by atoms with E-state index in [1.165, 1.54) is 24.0 Å². The van der Waals surface area contributed by atoms with Crippen LogP contribution in [0.5, 0.6) is 11.5 Å². The van der Waals surface area contributed by atoms with E-state index in [2.05, 4.69) is 35.8 Å². The van der Waals surface area contributed by atoms with E-state index in [1.807, 2.05) is 0 Å². The van der Waals surface area contributed by atoms with Gasteiger partial charge in [-0.3, -0.25) is 0 Å². The zero-order chi connectivity index (χ0) is 15.6. The molecule has 3 nitrogen and oxygen atoms in total. The van der Waals surface area contributed by atoms with Gasteiger partial charge in [0, 0.05) is 17.5 Å². The van der Waals surface area contributed by atoms with Crippen molar-refractivity contribution in [2.45, 2.75) is 50.9 Å². The Bertz CT molecular complexity index is 508. The van der Waals surface area contributed by atoms with E-state index >= 15 is 0 Å². The lowest BCUT2D eigenvalue weighted by molar-refractivity contribution is 0.361. The van der Waals surface area contributed by atoms with Crippen LogP contribution in [0.25, 0.3) is 0 Å². The molecule has 0 amide bonds. The minimum atomic E-state index is 0.0454. The summed E-state index contributed by atoms with van der Waals surface area (Å²) < 4.78 is 12.2. The summed E-state index contributed by atoms with van der Waals surface area (Å²) in [5, 5.41) is 0. The van der Waals surface area contributed by atoms with Crippen LogP contribution in [-0.4, -0.2) is 20.8 Å². The normalized spacial score (nSPS) is 17.3. The molecule has 1 fully saturated rings. The topological polar surface area (TPSA) is 44.5 Å². The second kappa shape index (κ2) is 6.57. The Morgan fingerprint density at radius 1 is 1.19 bits per heavy atom. The number of nitrogens with two attached hydrogens (primary N) is 1. The zero-order valence-corrected chi connectivity index (χ0v) is 15.0. The summed E-state index contributed by atoms with van der Waals surface area (Å²) in [6.45, 7) is 5.04. The second-order valence-electron chi connectivity index (χ2n) is 6.24. The number of ether oxygens (including phenoxy) is 2. The molecule has 0 saturated heterocycles. The molecular weight excluding hydrogens is 330 g/mol. The van der Waals surface area contributed by atoms with Gasteiger partial charge in [-0.2, -0.15) is 0 Å². The summed E-state index contributed by atoms with van der Waals surface area (Å²) in [5.74, 6) is 2.14. The Morgan fingerprint density at radius 3 is 2.19 bits per heavy atom. The van der Waals surface area contributed by atoms with Crippen LogP contribution >= 0.6 is 15.9 Å². The molecule has 1 aromatic carbocycles. The minimum absolute atomic E-state index is 0.0454. The van der Waals surface area contributed by atoms with Crippen LogP contribution in [0.15, 0.2) is 10.5 Å². The van der Waals surface area contributed by atoms with E-state index in [4.69, 9.17) is 15.2 Å². The molecule has 21 heavy (non-hydrogen) atoms. The van der Waals surface area contributed by atoms with Gasteiger partial charge in [-0.1, -0.05) is 26.7 Å². The largest absolute Gasteiger partial charge is 0.495 e. The Hall–Kier alpha value is -0.740. The maximum Gasteiger partial charge on any atom is 0.140 e. The molecule has 1 aliphatic rings. The fraction of sp³-hybridized carbons (Fsp3) is 0.647. The molecule has 0 heterocycles.